The van der Waals surface area contributed by atoms with E-state index >= 15 is 0 Å². The summed E-state index contributed by atoms with van der Waals surface area (Å²) in [5, 5.41) is 11.6. The van der Waals surface area contributed by atoms with Gasteiger partial charge in [0.05, 0.1) is 7.11 Å². The molecule has 1 unspecified atom stereocenters. The Hall–Kier alpha value is -2.63. The fraction of sp³-hybridized carbons (Fsp3) is 0.312. The zero-order chi connectivity index (χ0) is 15.4. The molecule has 1 aliphatic heterocycles. The Morgan fingerprint density at radius 3 is 2.73 bits per heavy atom. The highest BCUT2D eigenvalue weighted by Gasteiger charge is 2.23. The summed E-state index contributed by atoms with van der Waals surface area (Å²) in [6.07, 6.45) is 1.04. The van der Waals surface area contributed by atoms with Crippen LogP contribution in [0, 0.1) is 0 Å². The first-order chi connectivity index (χ1) is 10.8. The second-order valence-electron chi connectivity index (χ2n) is 5.21. The highest BCUT2D eigenvalue weighted by Crippen LogP contribution is 2.20. The number of benzene rings is 1. The Morgan fingerprint density at radius 1 is 1.23 bits per heavy atom. The van der Waals surface area contributed by atoms with E-state index in [0.717, 1.165) is 31.0 Å². The molecule has 2 aromatic rings. The van der Waals surface area contributed by atoms with Gasteiger partial charge in [0.25, 0.3) is 0 Å². The Balaban J connectivity index is 1.61. The van der Waals surface area contributed by atoms with Crippen molar-refractivity contribution >= 4 is 17.5 Å². The molecule has 6 heteroatoms. The summed E-state index contributed by atoms with van der Waals surface area (Å²) in [5.74, 6) is 0.314. The number of methoxy groups -OCH3 is 1. The molecule has 2 heterocycles. The Kier molecular flexibility index (Phi) is 4.18. The summed E-state index contributed by atoms with van der Waals surface area (Å²) < 4.78 is 4.62. The van der Waals surface area contributed by atoms with Gasteiger partial charge >= 0.3 is 5.97 Å². The largest absolute Gasteiger partial charge is 0.464 e. The first-order valence-corrected chi connectivity index (χ1v) is 7.25. The highest BCUT2D eigenvalue weighted by atomic mass is 16.5. The number of ether oxygens (including phenoxy) is 1. The summed E-state index contributed by atoms with van der Waals surface area (Å²) >= 11 is 0. The third-order valence-corrected chi connectivity index (χ3v) is 3.70. The molecule has 0 aliphatic carbocycles. The van der Waals surface area contributed by atoms with E-state index in [4.69, 9.17) is 0 Å². The number of nitrogens with zero attached hydrogens (tertiary/aromatic N) is 3. The molecule has 114 valence electrons. The number of nitrogens with one attached hydrogen (secondary N) is 1. The molecule has 1 saturated heterocycles. The third kappa shape index (κ3) is 3.16. The maximum atomic E-state index is 11.4. The minimum Gasteiger partial charge on any atom is -0.464 e. The van der Waals surface area contributed by atoms with E-state index in [9.17, 15) is 4.79 Å². The molecule has 1 aliphatic rings. The predicted octanol–water partition coefficient (Wildman–Crippen LogP) is 1.95. The number of carbonyl (C=O) groups is 1. The van der Waals surface area contributed by atoms with E-state index in [0.29, 0.717) is 6.04 Å². The van der Waals surface area contributed by atoms with Crippen molar-refractivity contribution in [3.05, 3.63) is 48.2 Å². The van der Waals surface area contributed by atoms with E-state index in [1.165, 1.54) is 7.11 Å². The number of hydrogen-bond acceptors (Lipinski definition) is 6. The van der Waals surface area contributed by atoms with Gasteiger partial charge in [0.15, 0.2) is 11.5 Å². The fourth-order valence-corrected chi connectivity index (χ4v) is 2.56. The molecule has 22 heavy (non-hydrogen) atoms. The lowest BCUT2D eigenvalue weighted by Crippen LogP contribution is -2.26. The average molecular weight is 298 g/mol. The summed E-state index contributed by atoms with van der Waals surface area (Å²) in [6, 6.07) is 14.0. The van der Waals surface area contributed by atoms with Crippen LogP contribution in [0.25, 0.3) is 0 Å². The van der Waals surface area contributed by atoms with Gasteiger partial charge in [-0.15, -0.1) is 10.2 Å². The van der Waals surface area contributed by atoms with Gasteiger partial charge in [-0.1, -0.05) is 18.2 Å². The number of aromatic nitrogens is 2. The van der Waals surface area contributed by atoms with Crippen LogP contribution in [-0.4, -0.2) is 42.4 Å². The topological polar surface area (TPSA) is 67.3 Å². The number of rotatable bonds is 4. The number of anilines is 2. The molecule has 1 aromatic heterocycles. The van der Waals surface area contributed by atoms with E-state index in [-0.39, 0.29) is 5.69 Å². The van der Waals surface area contributed by atoms with Crippen molar-refractivity contribution in [2.75, 3.05) is 30.4 Å². The molecule has 1 fully saturated rings. The van der Waals surface area contributed by atoms with Gasteiger partial charge in [-0.2, -0.15) is 0 Å². The monoisotopic (exact) mass is 298 g/mol. The summed E-state index contributed by atoms with van der Waals surface area (Å²) in [7, 11) is 1.33. The molecule has 0 radical (unpaired) electrons. The summed E-state index contributed by atoms with van der Waals surface area (Å²) in [6.45, 7) is 1.78. The highest BCUT2D eigenvalue weighted by molar-refractivity contribution is 5.86. The van der Waals surface area contributed by atoms with Crippen molar-refractivity contribution in [2.45, 2.75) is 12.5 Å². The second-order valence-corrected chi connectivity index (χ2v) is 5.21. The number of hydrogen-bond donors (Lipinski definition) is 1. The number of esters is 1. The third-order valence-electron chi connectivity index (χ3n) is 3.70. The molecule has 0 amide bonds. The normalized spacial score (nSPS) is 17.3. The van der Waals surface area contributed by atoms with Crippen molar-refractivity contribution in [1.29, 1.82) is 0 Å². The maximum Gasteiger partial charge on any atom is 0.358 e. The quantitative estimate of drug-likeness (QED) is 0.870. The molecule has 1 aromatic carbocycles. The average Bonchev–Trinajstić information content (AvgIpc) is 3.04. The van der Waals surface area contributed by atoms with Gasteiger partial charge in [0.2, 0.25) is 0 Å². The maximum absolute atomic E-state index is 11.4. The molecule has 1 atom stereocenters. The second kappa shape index (κ2) is 6.43. The Morgan fingerprint density at radius 2 is 2.05 bits per heavy atom. The molecule has 6 nitrogen and oxygen atoms in total. The lowest BCUT2D eigenvalue weighted by atomic mass is 10.2. The van der Waals surface area contributed by atoms with Crippen LogP contribution in [0.3, 0.4) is 0 Å². The van der Waals surface area contributed by atoms with Crippen LogP contribution in [0.5, 0.6) is 0 Å². The lowest BCUT2D eigenvalue weighted by molar-refractivity contribution is 0.0592. The van der Waals surface area contributed by atoms with Crippen LogP contribution < -0.4 is 10.2 Å². The van der Waals surface area contributed by atoms with Crippen LogP contribution in [0.4, 0.5) is 11.5 Å². The lowest BCUT2D eigenvalue weighted by Gasteiger charge is -2.18. The number of para-hydroxylation sites is 1. The van der Waals surface area contributed by atoms with Gasteiger partial charge in [-0.05, 0) is 30.7 Å². The van der Waals surface area contributed by atoms with Crippen LogP contribution in [0.15, 0.2) is 42.5 Å². The van der Waals surface area contributed by atoms with E-state index in [1.54, 1.807) is 6.07 Å². The van der Waals surface area contributed by atoms with Gasteiger partial charge in [-0.3, -0.25) is 0 Å². The van der Waals surface area contributed by atoms with Gasteiger partial charge in [0.1, 0.15) is 0 Å². The van der Waals surface area contributed by atoms with E-state index in [2.05, 4.69) is 37.3 Å². The zero-order valence-corrected chi connectivity index (χ0v) is 12.4. The van der Waals surface area contributed by atoms with Crippen molar-refractivity contribution < 1.29 is 9.53 Å². The molecule has 0 saturated carbocycles. The smallest absolute Gasteiger partial charge is 0.358 e. The first kappa shape index (κ1) is 14.3. The van der Waals surface area contributed by atoms with Crippen LogP contribution >= 0.6 is 0 Å². The SMILES string of the molecule is COC(=O)c1ccc(N2CCC(Nc3ccccc3)C2)nn1. The molecule has 1 N–H and O–H groups in total. The zero-order valence-electron chi connectivity index (χ0n) is 12.4. The van der Waals surface area contributed by atoms with E-state index in [1.807, 2.05) is 24.3 Å². The Bertz CT molecular complexity index is 630. The summed E-state index contributed by atoms with van der Waals surface area (Å²) in [4.78, 5) is 13.5. The van der Waals surface area contributed by atoms with Gasteiger partial charge < -0.3 is 15.0 Å². The standard InChI is InChI=1S/C16H18N4O2/c1-22-16(21)14-7-8-15(19-18-14)20-10-9-13(11-20)17-12-5-3-2-4-6-12/h2-8,13,17H,9-11H2,1H3. The van der Waals surface area contributed by atoms with Crippen LogP contribution in [0.1, 0.15) is 16.9 Å². The molecular weight excluding hydrogens is 280 g/mol. The molecule has 0 spiro atoms. The van der Waals surface area contributed by atoms with Crippen LogP contribution in [0.2, 0.25) is 0 Å². The summed E-state index contributed by atoms with van der Waals surface area (Å²) in [5.41, 5.74) is 1.35. The van der Waals surface area contributed by atoms with E-state index < -0.39 is 5.97 Å². The molecular formula is C16H18N4O2. The van der Waals surface area contributed by atoms with Gasteiger partial charge in [-0.25, -0.2) is 4.79 Å². The number of carbonyl (C=O) groups excluding carboxylic acids is 1. The van der Waals surface area contributed by atoms with Crippen molar-refractivity contribution in [1.82, 2.24) is 10.2 Å². The van der Waals surface area contributed by atoms with Crippen LogP contribution in [-0.2, 0) is 4.74 Å². The minimum atomic E-state index is -0.468. The van der Waals surface area contributed by atoms with Gasteiger partial charge in [0, 0.05) is 24.8 Å². The molecule has 0 bridgehead atoms. The van der Waals surface area contributed by atoms with Crippen molar-refractivity contribution in [3.8, 4) is 0 Å². The molecule has 3 rings (SSSR count). The fourth-order valence-electron chi connectivity index (χ4n) is 2.56. The Labute approximate surface area is 129 Å². The minimum absolute atomic E-state index is 0.226. The van der Waals surface area contributed by atoms with Crippen molar-refractivity contribution in [2.24, 2.45) is 0 Å². The van der Waals surface area contributed by atoms with Crippen molar-refractivity contribution in [3.63, 3.8) is 0 Å². The first-order valence-electron chi connectivity index (χ1n) is 7.25. The predicted molar refractivity (Wildman–Crippen MR) is 84.1 cm³/mol.